The lowest BCUT2D eigenvalue weighted by Crippen LogP contribution is -1.93. The third-order valence-electron chi connectivity index (χ3n) is 0.667. The third kappa shape index (κ3) is 97.6. The van der Waals surface area contributed by atoms with Crippen molar-refractivity contribution in [3.05, 3.63) is 36.4 Å². The molecule has 1 aromatic carbocycles. The summed E-state index contributed by atoms with van der Waals surface area (Å²) in [6.45, 7) is 17.5. The summed E-state index contributed by atoms with van der Waals surface area (Å²) in [5, 5.41) is 0. The van der Waals surface area contributed by atoms with Crippen LogP contribution >= 0.6 is 0 Å². The Balaban J connectivity index is -0.000000170. The molecule has 0 aliphatic rings. The van der Waals surface area contributed by atoms with Crippen LogP contribution in [-0.2, 0) is 0 Å². The molecule has 0 heteroatoms. The van der Waals surface area contributed by atoms with Crippen molar-refractivity contribution in [2.24, 2.45) is 10.8 Å². The zero-order valence-electron chi connectivity index (χ0n) is 12.5. The molecule has 0 spiro atoms. The maximum Gasteiger partial charge on any atom is -0.0411 e. The van der Waals surface area contributed by atoms with Gasteiger partial charge in [0.1, 0.15) is 0 Å². The second-order valence-corrected chi connectivity index (χ2v) is 7.15. The smallest absolute Gasteiger partial charge is 0.0411 e. The molecule has 0 aliphatic carbocycles. The van der Waals surface area contributed by atoms with Crippen LogP contribution in [-0.4, -0.2) is 0 Å². The summed E-state index contributed by atoms with van der Waals surface area (Å²) in [6.07, 6.45) is 0. The first-order valence-corrected chi connectivity index (χ1v) is 6.00. The van der Waals surface area contributed by atoms with Gasteiger partial charge >= 0.3 is 0 Å². The topological polar surface area (TPSA) is 0 Å². The van der Waals surface area contributed by atoms with Gasteiger partial charge < -0.3 is 0 Å². The van der Waals surface area contributed by atoms with Gasteiger partial charge in [0.25, 0.3) is 0 Å². The molecule has 0 radical (unpaired) electrons. The Bertz CT molecular complexity index is 170. The molecule has 0 nitrogen and oxygen atoms in total. The van der Waals surface area contributed by atoms with Crippen molar-refractivity contribution in [1.82, 2.24) is 0 Å². The van der Waals surface area contributed by atoms with E-state index in [-0.39, 0.29) is 7.43 Å². The van der Waals surface area contributed by atoms with Gasteiger partial charge in [0.2, 0.25) is 0 Å². The number of hydrogen-bond donors (Lipinski definition) is 0. The Labute approximate surface area is 110 Å². The molecular weight excluding hydrogens is 204 g/mol. The molecular formula is C17H34. The van der Waals surface area contributed by atoms with Crippen LogP contribution in [0.3, 0.4) is 0 Å². The second kappa shape index (κ2) is 10.4. The lowest BCUT2D eigenvalue weighted by atomic mass is 10.0. The van der Waals surface area contributed by atoms with E-state index in [0.29, 0.717) is 10.8 Å². The highest BCUT2D eigenvalue weighted by atomic mass is 14.0. The van der Waals surface area contributed by atoms with Crippen LogP contribution in [0.2, 0.25) is 0 Å². The van der Waals surface area contributed by atoms with E-state index in [1.54, 1.807) is 0 Å². The molecule has 102 valence electrons. The van der Waals surface area contributed by atoms with Gasteiger partial charge in [-0.2, -0.15) is 0 Å². The highest BCUT2D eigenvalue weighted by Crippen LogP contribution is 2.08. The monoisotopic (exact) mass is 238 g/mol. The second-order valence-electron chi connectivity index (χ2n) is 7.15. The van der Waals surface area contributed by atoms with Crippen LogP contribution in [0, 0.1) is 10.8 Å². The number of benzene rings is 1. The third-order valence-corrected chi connectivity index (χ3v) is 0.667. The Morgan fingerprint density at radius 1 is 0.412 bits per heavy atom. The van der Waals surface area contributed by atoms with Crippen LogP contribution in [0.1, 0.15) is 62.8 Å². The van der Waals surface area contributed by atoms with Crippen LogP contribution in [0.15, 0.2) is 36.4 Å². The zero-order chi connectivity index (χ0) is 13.2. The molecule has 0 aromatic heterocycles. The average Bonchev–Trinajstić information content (AvgIpc) is 2.01. The Kier molecular flexibility index (Phi) is 13.1. The molecule has 0 saturated heterocycles. The predicted octanol–water partition coefficient (Wildman–Crippen LogP) is 6.43. The normalized spacial score (nSPS) is 9.88. The molecule has 0 fully saturated rings. The van der Waals surface area contributed by atoms with Crippen molar-refractivity contribution < 1.29 is 0 Å². The summed E-state index contributed by atoms with van der Waals surface area (Å²) in [5.74, 6) is 0. The summed E-state index contributed by atoms with van der Waals surface area (Å²) in [4.78, 5) is 0. The van der Waals surface area contributed by atoms with Crippen LogP contribution in [0.25, 0.3) is 0 Å². The Morgan fingerprint density at radius 2 is 0.471 bits per heavy atom. The lowest BCUT2D eigenvalue weighted by molar-refractivity contribution is 0.469. The Hall–Kier alpha value is -0.780. The van der Waals surface area contributed by atoms with Gasteiger partial charge in [-0.15, -0.1) is 0 Å². The van der Waals surface area contributed by atoms with E-state index in [9.17, 15) is 0 Å². The first kappa shape index (κ1) is 21.5. The van der Waals surface area contributed by atoms with Gasteiger partial charge in [0.15, 0.2) is 0 Å². The largest absolute Gasteiger partial charge is 0.0776 e. The highest BCUT2D eigenvalue weighted by molar-refractivity contribution is 4.99. The molecule has 0 atom stereocenters. The number of hydrogen-bond acceptors (Lipinski definition) is 0. The van der Waals surface area contributed by atoms with Crippen LogP contribution in [0.5, 0.6) is 0 Å². The van der Waals surface area contributed by atoms with Crippen molar-refractivity contribution in [2.75, 3.05) is 0 Å². The van der Waals surface area contributed by atoms with E-state index in [0.717, 1.165) is 0 Å². The van der Waals surface area contributed by atoms with E-state index in [1.165, 1.54) is 0 Å². The standard InChI is InChI=1S/C6H6.2C5H12.CH4/c1-2-4-6-5-3-1;2*1-5(2,3)4;/h1-6H;2*1-4H3;1H4. The van der Waals surface area contributed by atoms with Gasteiger partial charge in [0.05, 0.1) is 0 Å². The van der Waals surface area contributed by atoms with Crippen molar-refractivity contribution in [3.8, 4) is 0 Å². The molecule has 0 N–H and O–H groups in total. The minimum atomic E-state index is 0. The van der Waals surface area contributed by atoms with Gasteiger partial charge in [-0.3, -0.25) is 0 Å². The summed E-state index contributed by atoms with van der Waals surface area (Å²) in [6, 6.07) is 12.0. The van der Waals surface area contributed by atoms with Crippen LogP contribution in [0.4, 0.5) is 0 Å². The molecule has 0 aliphatic heterocycles. The molecule has 0 amide bonds. The fourth-order valence-corrected chi connectivity index (χ4v) is 0.385. The summed E-state index contributed by atoms with van der Waals surface area (Å²) < 4.78 is 0. The SMILES string of the molecule is C.CC(C)(C)C.CC(C)(C)C.c1ccccc1. The van der Waals surface area contributed by atoms with Gasteiger partial charge in [-0.25, -0.2) is 0 Å². The van der Waals surface area contributed by atoms with E-state index in [1.807, 2.05) is 36.4 Å². The molecule has 17 heavy (non-hydrogen) atoms. The summed E-state index contributed by atoms with van der Waals surface area (Å²) >= 11 is 0. The minimum Gasteiger partial charge on any atom is -0.0776 e. The van der Waals surface area contributed by atoms with E-state index in [4.69, 9.17) is 0 Å². The van der Waals surface area contributed by atoms with Gasteiger partial charge in [0, 0.05) is 0 Å². The van der Waals surface area contributed by atoms with E-state index < -0.39 is 0 Å². The van der Waals surface area contributed by atoms with E-state index in [2.05, 4.69) is 55.4 Å². The molecule has 0 bridgehead atoms. The molecule has 1 rings (SSSR count). The van der Waals surface area contributed by atoms with Crippen molar-refractivity contribution in [2.45, 2.75) is 62.8 Å². The van der Waals surface area contributed by atoms with Gasteiger partial charge in [-0.05, 0) is 10.8 Å². The summed E-state index contributed by atoms with van der Waals surface area (Å²) in [7, 11) is 0. The first-order valence-electron chi connectivity index (χ1n) is 6.00. The van der Waals surface area contributed by atoms with Crippen molar-refractivity contribution in [1.29, 1.82) is 0 Å². The minimum absolute atomic E-state index is 0. The summed E-state index contributed by atoms with van der Waals surface area (Å²) in [5.41, 5.74) is 1.00. The molecule has 0 saturated carbocycles. The zero-order valence-corrected chi connectivity index (χ0v) is 12.5. The maximum absolute atomic E-state index is 2.19. The number of rotatable bonds is 0. The fraction of sp³-hybridized carbons (Fsp3) is 0.647. The highest BCUT2D eigenvalue weighted by Gasteiger charge is 1.96. The van der Waals surface area contributed by atoms with E-state index >= 15 is 0 Å². The fourth-order valence-electron chi connectivity index (χ4n) is 0.385. The molecule has 1 aromatic rings. The molecule has 0 heterocycles. The Morgan fingerprint density at radius 3 is 0.529 bits per heavy atom. The quantitative estimate of drug-likeness (QED) is 0.488. The first-order chi connectivity index (χ1) is 7.00. The van der Waals surface area contributed by atoms with Crippen molar-refractivity contribution in [3.63, 3.8) is 0 Å². The van der Waals surface area contributed by atoms with Gasteiger partial charge in [-0.1, -0.05) is 99.2 Å². The van der Waals surface area contributed by atoms with Crippen LogP contribution < -0.4 is 0 Å². The maximum atomic E-state index is 2.19. The predicted molar refractivity (Wildman–Crippen MR) is 83.4 cm³/mol. The average molecular weight is 238 g/mol. The molecule has 0 unspecified atom stereocenters. The van der Waals surface area contributed by atoms with Crippen molar-refractivity contribution >= 4 is 0 Å². The lowest BCUT2D eigenvalue weighted by Gasteiger charge is -2.05.